The summed E-state index contributed by atoms with van der Waals surface area (Å²) in [5.41, 5.74) is 4.61. The van der Waals surface area contributed by atoms with Crippen molar-refractivity contribution in [2.24, 2.45) is 5.73 Å². The van der Waals surface area contributed by atoms with Crippen LogP contribution in [0.1, 0.15) is 0 Å². The van der Waals surface area contributed by atoms with Crippen molar-refractivity contribution in [1.82, 2.24) is 0 Å². The van der Waals surface area contributed by atoms with E-state index in [2.05, 4.69) is 5.73 Å². The maximum absolute atomic E-state index is 10.3. The Labute approximate surface area is 56.8 Å². The van der Waals surface area contributed by atoms with Gasteiger partial charge in [-0.25, -0.2) is 0 Å². The molecule has 0 aliphatic carbocycles. The van der Waals surface area contributed by atoms with Gasteiger partial charge in [0.2, 0.25) is 0 Å². The third-order valence-corrected chi connectivity index (χ3v) is 1.42. The number of rotatable bonds is 3. The summed E-state index contributed by atoms with van der Waals surface area (Å²) < 4.78 is 10.1. The SMILES string of the molecule is NC(O)C(=O)CP(=O)(O)O. The van der Waals surface area contributed by atoms with Gasteiger partial charge in [0.1, 0.15) is 6.16 Å². The van der Waals surface area contributed by atoms with Crippen LogP contribution < -0.4 is 5.73 Å². The second-order valence-corrected chi connectivity index (χ2v) is 3.38. The van der Waals surface area contributed by atoms with Gasteiger partial charge < -0.3 is 14.9 Å². The molecule has 0 amide bonds. The molecule has 0 aromatic rings. The van der Waals surface area contributed by atoms with Gasteiger partial charge in [-0.15, -0.1) is 0 Å². The third kappa shape index (κ3) is 4.60. The molecular weight excluding hydrogens is 161 g/mol. The molecule has 1 atom stereocenters. The summed E-state index contributed by atoms with van der Waals surface area (Å²) in [6.45, 7) is 0. The zero-order valence-electron chi connectivity index (χ0n) is 4.97. The Morgan fingerprint density at radius 3 is 2.10 bits per heavy atom. The predicted octanol–water partition coefficient (Wildman–Crippen LogP) is -1.99. The van der Waals surface area contributed by atoms with Gasteiger partial charge >= 0.3 is 7.60 Å². The van der Waals surface area contributed by atoms with Gasteiger partial charge in [0, 0.05) is 0 Å². The minimum Gasteiger partial charge on any atom is -0.371 e. The van der Waals surface area contributed by atoms with Crippen LogP contribution in [0.15, 0.2) is 0 Å². The van der Waals surface area contributed by atoms with Gasteiger partial charge in [0.15, 0.2) is 12.0 Å². The van der Waals surface area contributed by atoms with Crippen molar-refractivity contribution in [2.75, 3.05) is 6.16 Å². The summed E-state index contributed by atoms with van der Waals surface area (Å²) >= 11 is 0. The molecule has 5 N–H and O–H groups in total. The van der Waals surface area contributed by atoms with Gasteiger partial charge in [-0.3, -0.25) is 15.1 Å². The molecule has 0 rings (SSSR count). The predicted molar refractivity (Wildman–Crippen MR) is 32.1 cm³/mol. The van der Waals surface area contributed by atoms with Crippen LogP contribution in [0.5, 0.6) is 0 Å². The molecule has 0 bridgehead atoms. The number of aliphatic hydroxyl groups excluding tert-OH is 1. The van der Waals surface area contributed by atoms with E-state index in [0.717, 1.165) is 0 Å². The number of hydrogen-bond acceptors (Lipinski definition) is 4. The zero-order valence-corrected chi connectivity index (χ0v) is 5.86. The quantitative estimate of drug-likeness (QED) is 0.286. The van der Waals surface area contributed by atoms with Gasteiger partial charge in [-0.1, -0.05) is 0 Å². The van der Waals surface area contributed by atoms with E-state index in [4.69, 9.17) is 14.9 Å². The fourth-order valence-electron chi connectivity index (χ4n) is 0.297. The summed E-state index contributed by atoms with van der Waals surface area (Å²) in [5, 5.41) is 8.27. The molecule has 0 heterocycles. The highest BCUT2D eigenvalue weighted by Gasteiger charge is 2.22. The maximum atomic E-state index is 10.3. The Hall–Kier alpha value is -0.260. The van der Waals surface area contributed by atoms with Crippen LogP contribution in [0.2, 0.25) is 0 Å². The zero-order chi connectivity index (χ0) is 8.36. The molecule has 60 valence electrons. The minimum atomic E-state index is -4.37. The first-order valence-corrected chi connectivity index (χ1v) is 4.13. The Morgan fingerprint density at radius 2 is 2.00 bits per heavy atom. The molecule has 0 aliphatic heterocycles. The number of ketones is 1. The van der Waals surface area contributed by atoms with Crippen molar-refractivity contribution in [1.29, 1.82) is 0 Å². The van der Waals surface area contributed by atoms with Crippen molar-refractivity contribution in [3.05, 3.63) is 0 Å². The molecule has 0 spiro atoms. The average Bonchev–Trinajstić information content (AvgIpc) is 1.60. The lowest BCUT2D eigenvalue weighted by molar-refractivity contribution is -0.124. The topological polar surface area (TPSA) is 121 Å². The highest BCUT2D eigenvalue weighted by Crippen LogP contribution is 2.33. The Balaban J connectivity index is 3.94. The minimum absolute atomic E-state index is 1.01. The van der Waals surface area contributed by atoms with Crippen molar-refractivity contribution in [3.8, 4) is 0 Å². The Bertz CT molecular complexity index is 172. The highest BCUT2D eigenvalue weighted by atomic mass is 31.2. The first kappa shape index (κ1) is 9.74. The molecule has 0 aromatic carbocycles. The maximum Gasteiger partial charge on any atom is 0.333 e. The van der Waals surface area contributed by atoms with Gasteiger partial charge in [0.05, 0.1) is 0 Å². The van der Waals surface area contributed by atoms with Crippen LogP contribution in [0, 0.1) is 0 Å². The number of nitrogens with two attached hydrogens (primary N) is 1. The molecule has 0 aliphatic rings. The lowest BCUT2D eigenvalue weighted by Crippen LogP contribution is -2.31. The fraction of sp³-hybridized carbons (Fsp3) is 0.667. The molecule has 0 aromatic heterocycles. The fourth-order valence-corrected chi connectivity index (χ4v) is 0.890. The Kier molecular flexibility index (Phi) is 3.14. The largest absolute Gasteiger partial charge is 0.371 e. The highest BCUT2D eigenvalue weighted by molar-refractivity contribution is 7.52. The summed E-state index contributed by atoms with van der Waals surface area (Å²) in [5.74, 6) is -1.06. The molecule has 1 unspecified atom stereocenters. The third-order valence-electron chi connectivity index (χ3n) is 0.692. The number of carbonyl (C=O) groups excluding carboxylic acids is 1. The van der Waals surface area contributed by atoms with E-state index in [1.165, 1.54) is 0 Å². The summed E-state index contributed by atoms with van der Waals surface area (Å²) in [4.78, 5) is 26.6. The standard InChI is InChI=1S/C3H8NO5P/c4-3(6)2(5)1-10(7,8)9/h3,6H,1,4H2,(H2,7,8,9). The number of hydrogen-bond donors (Lipinski definition) is 4. The molecule has 0 fully saturated rings. The van der Waals surface area contributed by atoms with Crippen LogP contribution in [0.4, 0.5) is 0 Å². The molecule has 7 heteroatoms. The van der Waals surface area contributed by atoms with E-state index in [9.17, 15) is 9.36 Å². The molecular formula is C3H8NO5P. The molecule has 10 heavy (non-hydrogen) atoms. The smallest absolute Gasteiger partial charge is 0.333 e. The van der Waals surface area contributed by atoms with Crippen molar-refractivity contribution in [3.63, 3.8) is 0 Å². The number of carbonyl (C=O) groups is 1. The monoisotopic (exact) mass is 169 g/mol. The van der Waals surface area contributed by atoms with Crippen LogP contribution in [0.25, 0.3) is 0 Å². The van der Waals surface area contributed by atoms with Crippen LogP contribution in [-0.4, -0.2) is 33.1 Å². The normalized spacial score (nSPS) is 14.8. The van der Waals surface area contributed by atoms with Gasteiger partial charge in [-0.2, -0.15) is 0 Å². The molecule has 0 saturated carbocycles. The molecule has 0 saturated heterocycles. The van der Waals surface area contributed by atoms with Crippen molar-refractivity contribution in [2.45, 2.75) is 6.23 Å². The van der Waals surface area contributed by atoms with Crippen molar-refractivity contribution < 1.29 is 24.3 Å². The molecule has 0 radical (unpaired) electrons. The van der Waals surface area contributed by atoms with Crippen LogP contribution >= 0.6 is 7.60 Å². The second kappa shape index (κ2) is 3.23. The summed E-state index contributed by atoms with van der Waals surface area (Å²) in [6.07, 6.45) is -2.81. The van der Waals surface area contributed by atoms with E-state index >= 15 is 0 Å². The number of aliphatic hydroxyl groups is 1. The van der Waals surface area contributed by atoms with Crippen LogP contribution in [-0.2, 0) is 9.36 Å². The lowest BCUT2D eigenvalue weighted by Gasteiger charge is -2.03. The van der Waals surface area contributed by atoms with Crippen molar-refractivity contribution >= 4 is 13.4 Å². The van der Waals surface area contributed by atoms with E-state index in [1.807, 2.05) is 0 Å². The van der Waals surface area contributed by atoms with E-state index < -0.39 is 25.8 Å². The second-order valence-electron chi connectivity index (χ2n) is 1.73. The van der Waals surface area contributed by atoms with E-state index in [-0.39, 0.29) is 0 Å². The molecule has 6 nitrogen and oxygen atoms in total. The Morgan fingerprint density at radius 1 is 1.60 bits per heavy atom. The first-order chi connectivity index (χ1) is 4.33. The van der Waals surface area contributed by atoms with E-state index in [0.29, 0.717) is 0 Å². The summed E-state index contributed by atoms with van der Waals surface area (Å²) in [7, 11) is -4.37. The first-order valence-electron chi connectivity index (χ1n) is 2.34. The van der Waals surface area contributed by atoms with Gasteiger partial charge in [0.25, 0.3) is 0 Å². The van der Waals surface area contributed by atoms with Crippen LogP contribution in [0.3, 0.4) is 0 Å². The number of Topliss-reactive ketones (excluding diaryl/α,β-unsaturated/α-hetero) is 1. The lowest BCUT2D eigenvalue weighted by atomic mass is 10.4. The average molecular weight is 169 g/mol. The van der Waals surface area contributed by atoms with Gasteiger partial charge in [-0.05, 0) is 0 Å². The summed E-state index contributed by atoms with van der Waals surface area (Å²) in [6, 6.07) is 0. The van der Waals surface area contributed by atoms with E-state index in [1.54, 1.807) is 0 Å².